The van der Waals surface area contributed by atoms with Gasteiger partial charge in [0.15, 0.2) is 0 Å². The molecule has 0 aliphatic carbocycles. The van der Waals surface area contributed by atoms with E-state index in [1.165, 1.54) is 0 Å². The first-order valence-electron chi connectivity index (χ1n) is 7.17. The Balaban J connectivity index is 2.35. The molecule has 1 rings (SSSR count). The number of carbonyl (C=O) groups excluding carboxylic acids is 1. The highest BCUT2D eigenvalue weighted by Gasteiger charge is 2.38. The van der Waals surface area contributed by atoms with Crippen LogP contribution in [0.2, 0.25) is 0 Å². The van der Waals surface area contributed by atoms with E-state index in [4.69, 9.17) is 4.74 Å². The van der Waals surface area contributed by atoms with Crippen molar-refractivity contribution in [3.63, 3.8) is 0 Å². The van der Waals surface area contributed by atoms with E-state index in [2.05, 4.69) is 26.1 Å². The van der Waals surface area contributed by atoms with Crippen LogP contribution in [0.5, 0.6) is 0 Å². The minimum atomic E-state index is 0.0176. The summed E-state index contributed by atoms with van der Waals surface area (Å²) in [4.78, 5) is 14.3. The Bertz CT molecular complexity index is 258. The molecule has 3 unspecified atom stereocenters. The number of amides is 1. The molecule has 1 amide bonds. The van der Waals surface area contributed by atoms with Crippen molar-refractivity contribution in [3.05, 3.63) is 0 Å². The minimum absolute atomic E-state index is 0.0176. The summed E-state index contributed by atoms with van der Waals surface area (Å²) < 4.78 is 5.03. The zero-order valence-electron chi connectivity index (χ0n) is 12.2. The molecular weight excluding hydrogens is 228 g/mol. The first-order valence-corrected chi connectivity index (χ1v) is 7.17. The molecule has 4 nitrogen and oxygen atoms in total. The van der Waals surface area contributed by atoms with E-state index in [0.29, 0.717) is 5.92 Å². The summed E-state index contributed by atoms with van der Waals surface area (Å²) in [6, 6.07) is 0.0176. The van der Waals surface area contributed by atoms with Crippen molar-refractivity contribution in [2.75, 3.05) is 20.3 Å². The summed E-state index contributed by atoms with van der Waals surface area (Å²) in [5.41, 5.74) is 0. The number of hydrogen-bond acceptors (Lipinski definition) is 3. The number of rotatable bonds is 8. The van der Waals surface area contributed by atoms with E-state index >= 15 is 0 Å². The van der Waals surface area contributed by atoms with Gasteiger partial charge in [-0.2, -0.15) is 0 Å². The third kappa shape index (κ3) is 3.95. The quantitative estimate of drug-likeness (QED) is 0.675. The van der Waals surface area contributed by atoms with Crippen LogP contribution < -0.4 is 5.32 Å². The number of hydrogen-bond donors (Lipinski definition) is 1. The smallest absolute Gasteiger partial charge is 0.241 e. The molecule has 0 aromatic rings. The van der Waals surface area contributed by atoms with Gasteiger partial charge in [-0.1, -0.05) is 20.3 Å². The van der Waals surface area contributed by atoms with Crippen LogP contribution >= 0.6 is 0 Å². The van der Waals surface area contributed by atoms with Crippen LogP contribution in [0.1, 0.15) is 46.5 Å². The number of nitrogens with one attached hydrogen (secondary N) is 1. The van der Waals surface area contributed by atoms with Gasteiger partial charge >= 0.3 is 0 Å². The monoisotopic (exact) mass is 256 g/mol. The van der Waals surface area contributed by atoms with Crippen LogP contribution in [-0.4, -0.2) is 43.3 Å². The predicted molar refractivity (Wildman–Crippen MR) is 73.3 cm³/mol. The van der Waals surface area contributed by atoms with E-state index in [0.717, 1.165) is 38.8 Å². The topological polar surface area (TPSA) is 41.6 Å². The molecule has 0 saturated carbocycles. The molecule has 3 atom stereocenters. The number of methoxy groups -OCH3 is 1. The second-order valence-corrected chi connectivity index (χ2v) is 5.29. The highest BCUT2D eigenvalue weighted by molar-refractivity contribution is 5.84. The van der Waals surface area contributed by atoms with Gasteiger partial charge in [-0.25, -0.2) is 0 Å². The van der Waals surface area contributed by atoms with E-state index in [1.807, 2.05) is 4.90 Å². The third-order valence-electron chi connectivity index (χ3n) is 3.90. The Morgan fingerprint density at radius 1 is 1.39 bits per heavy atom. The van der Waals surface area contributed by atoms with E-state index < -0.39 is 0 Å². The number of unbranched alkanes of at least 4 members (excludes halogenated alkanes) is 2. The molecule has 0 aromatic carbocycles. The SMILES string of the molecule is CCC(C)C1NC(C)N(CCCCCOC)C1=O. The number of carbonyl (C=O) groups is 1. The van der Waals surface area contributed by atoms with Crippen LogP contribution in [-0.2, 0) is 9.53 Å². The maximum Gasteiger partial charge on any atom is 0.241 e. The predicted octanol–water partition coefficient (Wildman–Crippen LogP) is 2.00. The van der Waals surface area contributed by atoms with Crippen LogP contribution in [0.3, 0.4) is 0 Å². The van der Waals surface area contributed by atoms with E-state index in [-0.39, 0.29) is 18.1 Å². The van der Waals surface area contributed by atoms with Crippen molar-refractivity contribution in [1.29, 1.82) is 0 Å². The molecule has 0 bridgehead atoms. The standard InChI is InChI=1S/C14H28N2O2/c1-5-11(2)13-14(17)16(12(3)15-13)9-7-6-8-10-18-4/h11-13,15H,5-10H2,1-4H3. The first-order chi connectivity index (χ1) is 8.61. The molecule has 1 aliphatic rings. The normalized spacial score (nSPS) is 25.8. The lowest BCUT2D eigenvalue weighted by atomic mass is 9.99. The summed E-state index contributed by atoms with van der Waals surface area (Å²) in [7, 11) is 1.73. The lowest BCUT2D eigenvalue weighted by Crippen LogP contribution is -2.35. The molecule has 18 heavy (non-hydrogen) atoms. The van der Waals surface area contributed by atoms with Gasteiger partial charge < -0.3 is 9.64 Å². The average Bonchev–Trinajstić information content (AvgIpc) is 2.65. The number of nitrogens with zero attached hydrogens (tertiary/aromatic N) is 1. The third-order valence-corrected chi connectivity index (χ3v) is 3.90. The maximum atomic E-state index is 12.3. The second-order valence-electron chi connectivity index (χ2n) is 5.29. The van der Waals surface area contributed by atoms with Gasteiger partial charge in [-0.3, -0.25) is 10.1 Å². The highest BCUT2D eigenvalue weighted by Crippen LogP contribution is 2.19. The molecule has 106 valence electrons. The molecule has 1 heterocycles. The molecule has 1 N–H and O–H groups in total. The number of ether oxygens (including phenoxy) is 1. The van der Waals surface area contributed by atoms with Crippen LogP contribution in [0.4, 0.5) is 0 Å². The van der Waals surface area contributed by atoms with Crippen LogP contribution in [0, 0.1) is 5.92 Å². The highest BCUT2D eigenvalue weighted by atomic mass is 16.5. The largest absolute Gasteiger partial charge is 0.385 e. The first kappa shape index (κ1) is 15.4. The molecule has 1 fully saturated rings. The fraction of sp³-hybridized carbons (Fsp3) is 0.929. The van der Waals surface area contributed by atoms with Crippen LogP contribution in [0.15, 0.2) is 0 Å². The zero-order valence-corrected chi connectivity index (χ0v) is 12.2. The van der Waals surface area contributed by atoms with Crippen molar-refractivity contribution >= 4 is 5.91 Å². The van der Waals surface area contributed by atoms with Gasteiger partial charge in [0, 0.05) is 20.3 Å². The van der Waals surface area contributed by atoms with Crippen molar-refractivity contribution in [1.82, 2.24) is 10.2 Å². The molecule has 4 heteroatoms. The van der Waals surface area contributed by atoms with Gasteiger partial charge in [-0.05, 0) is 32.1 Å². The Kier molecular flexibility index (Phi) is 6.65. The minimum Gasteiger partial charge on any atom is -0.385 e. The summed E-state index contributed by atoms with van der Waals surface area (Å²) in [6.45, 7) is 8.04. The van der Waals surface area contributed by atoms with Gasteiger partial charge in [0.05, 0.1) is 12.2 Å². The van der Waals surface area contributed by atoms with E-state index in [9.17, 15) is 4.79 Å². The fourth-order valence-electron chi connectivity index (χ4n) is 2.44. The Morgan fingerprint density at radius 2 is 2.11 bits per heavy atom. The Morgan fingerprint density at radius 3 is 2.72 bits per heavy atom. The fourth-order valence-corrected chi connectivity index (χ4v) is 2.44. The summed E-state index contributed by atoms with van der Waals surface area (Å²) in [5.74, 6) is 0.696. The molecule has 0 spiro atoms. The molecule has 1 aliphatic heterocycles. The lowest BCUT2D eigenvalue weighted by Gasteiger charge is -2.20. The van der Waals surface area contributed by atoms with Gasteiger partial charge in [0.25, 0.3) is 0 Å². The second kappa shape index (κ2) is 7.74. The van der Waals surface area contributed by atoms with Crippen molar-refractivity contribution in [2.24, 2.45) is 5.92 Å². The van der Waals surface area contributed by atoms with Gasteiger partial charge in [-0.15, -0.1) is 0 Å². The summed E-state index contributed by atoms with van der Waals surface area (Å²) in [6.07, 6.45) is 4.48. The molecule has 0 aromatic heterocycles. The maximum absolute atomic E-state index is 12.3. The Labute approximate surface area is 111 Å². The van der Waals surface area contributed by atoms with Gasteiger partial charge in [0.2, 0.25) is 5.91 Å². The lowest BCUT2D eigenvalue weighted by molar-refractivity contribution is -0.130. The average molecular weight is 256 g/mol. The van der Waals surface area contributed by atoms with E-state index in [1.54, 1.807) is 7.11 Å². The molecule has 1 saturated heterocycles. The summed E-state index contributed by atoms with van der Waals surface area (Å²) in [5, 5.41) is 3.41. The zero-order chi connectivity index (χ0) is 13.5. The molecular formula is C14H28N2O2. The van der Waals surface area contributed by atoms with Crippen LogP contribution in [0.25, 0.3) is 0 Å². The molecule has 0 radical (unpaired) electrons. The van der Waals surface area contributed by atoms with Crippen molar-refractivity contribution < 1.29 is 9.53 Å². The van der Waals surface area contributed by atoms with Gasteiger partial charge in [0.1, 0.15) is 0 Å². The Hall–Kier alpha value is -0.610. The van der Waals surface area contributed by atoms with Crippen molar-refractivity contribution in [3.8, 4) is 0 Å². The summed E-state index contributed by atoms with van der Waals surface area (Å²) >= 11 is 0. The van der Waals surface area contributed by atoms with Crippen molar-refractivity contribution in [2.45, 2.75) is 58.7 Å².